The van der Waals surface area contributed by atoms with Crippen molar-refractivity contribution in [3.8, 4) is 5.75 Å². The van der Waals surface area contributed by atoms with E-state index < -0.39 is 0 Å². The van der Waals surface area contributed by atoms with Gasteiger partial charge in [0.05, 0.1) is 6.61 Å². The molecule has 2 aromatic rings. The lowest BCUT2D eigenvalue weighted by molar-refractivity contribution is -0.116. The van der Waals surface area contributed by atoms with Gasteiger partial charge in [0.2, 0.25) is 5.91 Å². The Labute approximate surface area is 142 Å². The second kappa shape index (κ2) is 9.21. The number of carbonyl (C=O) groups excluding carboxylic acids is 1. The van der Waals surface area contributed by atoms with Crippen LogP contribution in [0.2, 0.25) is 5.02 Å². The number of anilines is 1. The quantitative estimate of drug-likeness (QED) is 0.684. The summed E-state index contributed by atoms with van der Waals surface area (Å²) in [4.78, 5) is 12.0. The van der Waals surface area contributed by atoms with E-state index in [0.29, 0.717) is 17.9 Å². The Morgan fingerprint density at radius 1 is 1.17 bits per heavy atom. The third kappa shape index (κ3) is 6.33. The first-order valence-corrected chi connectivity index (χ1v) is 8.32. The van der Waals surface area contributed by atoms with Gasteiger partial charge >= 0.3 is 0 Å². The topological polar surface area (TPSA) is 38.3 Å². The van der Waals surface area contributed by atoms with Crippen molar-refractivity contribution in [2.24, 2.45) is 0 Å². The van der Waals surface area contributed by atoms with Crippen LogP contribution in [0.15, 0.2) is 48.5 Å². The molecule has 4 heteroatoms. The number of aryl methyl sites for hydroxylation is 1. The van der Waals surface area contributed by atoms with Gasteiger partial charge < -0.3 is 10.1 Å². The van der Waals surface area contributed by atoms with E-state index in [9.17, 15) is 4.79 Å². The van der Waals surface area contributed by atoms with E-state index in [4.69, 9.17) is 16.3 Å². The number of hydrogen-bond donors (Lipinski definition) is 1. The van der Waals surface area contributed by atoms with Crippen LogP contribution < -0.4 is 10.1 Å². The van der Waals surface area contributed by atoms with E-state index in [0.717, 1.165) is 36.4 Å². The number of carbonyl (C=O) groups is 1. The summed E-state index contributed by atoms with van der Waals surface area (Å²) in [5, 5.41) is 3.59. The van der Waals surface area contributed by atoms with Crippen molar-refractivity contribution in [1.82, 2.24) is 0 Å². The van der Waals surface area contributed by atoms with Crippen molar-refractivity contribution in [1.29, 1.82) is 0 Å². The van der Waals surface area contributed by atoms with Crippen LogP contribution in [0.4, 0.5) is 5.69 Å². The molecule has 0 saturated heterocycles. The molecule has 3 nitrogen and oxygen atoms in total. The fourth-order valence-corrected chi connectivity index (χ4v) is 2.36. The van der Waals surface area contributed by atoms with Gasteiger partial charge in [-0.2, -0.15) is 0 Å². The Balaban J connectivity index is 1.78. The number of unbranched alkanes of at least 4 members (excludes halogenated alkanes) is 1. The second-order valence-corrected chi connectivity index (χ2v) is 5.84. The summed E-state index contributed by atoms with van der Waals surface area (Å²) >= 11 is 5.94. The minimum Gasteiger partial charge on any atom is -0.494 e. The van der Waals surface area contributed by atoms with Gasteiger partial charge in [-0.3, -0.25) is 4.79 Å². The lowest BCUT2D eigenvalue weighted by Gasteiger charge is -2.08. The van der Waals surface area contributed by atoms with Crippen LogP contribution in [0, 0.1) is 0 Å². The Morgan fingerprint density at radius 3 is 2.65 bits per heavy atom. The van der Waals surface area contributed by atoms with Crippen LogP contribution in [0.5, 0.6) is 5.75 Å². The highest BCUT2D eigenvalue weighted by Crippen LogP contribution is 2.17. The number of ether oxygens (including phenoxy) is 1. The minimum atomic E-state index is -0.00960. The third-order valence-corrected chi connectivity index (χ3v) is 3.67. The molecule has 0 aliphatic heterocycles. The van der Waals surface area contributed by atoms with Crippen molar-refractivity contribution in [2.45, 2.75) is 32.6 Å². The summed E-state index contributed by atoms with van der Waals surface area (Å²) < 4.78 is 5.60. The smallest absolute Gasteiger partial charge is 0.224 e. The molecule has 122 valence electrons. The number of amides is 1. The number of benzene rings is 2. The molecule has 1 N–H and O–H groups in total. The first-order valence-electron chi connectivity index (χ1n) is 7.94. The molecule has 0 spiro atoms. The van der Waals surface area contributed by atoms with Gasteiger partial charge in [-0.1, -0.05) is 37.1 Å². The Kier molecular flexibility index (Phi) is 6.95. The molecule has 0 fully saturated rings. The summed E-state index contributed by atoms with van der Waals surface area (Å²) in [5.74, 6) is 0.819. The second-order valence-electron chi connectivity index (χ2n) is 5.40. The maximum Gasteiger partial charge on any atom is 0.224 e. The average Bonchev–Trinajstić information content (AvgIpc) is 2.55. The molecule has 0 heterocycles. The molecular weight excluding hydrogens is 310 g/mol. The van der Waals surface area contributed by atoms with Gasteiger partial charge in [-0.25, -0.2) is 0 Å². The number of rotatable bonds is 8. The van der Waals surface area contributed by atoms with Gasteiger partial charge in [0, 0.05) is 17.1 Å². The maximum absolute atomic E-state index is 12.0. The molecule has 0 atom stereocenters. The predicted molar refractivity (Wildman–Crippen MR) is 95.2 cm³/mol. The molecule has 23 heavy (non-hydrogen) atoms. The number of nitrogens with one attached hydrogen (secondary N) is 1. The van der Waals surface area contributed by atoms with Crippen LogP contribution in [0.1, 0.15) is 31.7 Å². The summed E-state index contributed by atoms with van der Waals surface area (Å²) in [7, 11) is 0. The lowest BCUT2D eigenvalue weighted by atomic mass is 10.1. The molecule has 2 aromatic carbocycles. The maximum atomic E-state index is 12.0. The highest BCUT2D eigenvalue weighted by Gasteiger charge is 2.04. The molecule has 0 unspecified atom stereocenters. The van der Waals surface area contributed by atoms with Crippen LogP contribution >= 0.6 is 11.6 Å². The lowest BCUT2D eigenvalue weighted by Crippen LogP contribution is -2.12. The highest BCUT2D eigenvalue weighted by molar-refractivity contribution is 6.30. The molecule has 0 bridgehead atoms. The third-order valence-electron chi connectivity index (χ3n) is 3.43. The summed E-state index contributed by atoms with van der Waals surface area (Å²) in [5.41, 5.74) is 1.84. The zero-order valence-electron chi connectivity index (χ0n) is 13.3. The highest BCUT2D eigenvalue weighted by atomic mass is 35.5. The monoisotopic (exact) mass is 331 g/mol. The van der Waals surface area contributed by atoms with Crippen LogP contribution in [-0.4, -0.2) is 12.5 Å². The van der Waals surface area contributed by atoms with Crippen LogP contribution in [0.25, 0.3) is 0 Å². The fraction of sp³-hybridized carbons (Fsp3) is 0.316. The molecule has 0 aliphatic rings. The molecule has 0 aromatic heterocycles. The van der Waals surface area contributed by atoms with Gasteiger partial charge in [0.1, 0.15) is 5.75 Å². The van der Waals surface area contributed by atoms with Crippen molar-refractivity contribution in [3.05, 3.63) is 59.1 Å². The Morgan fingerprint density at radius 2 is 1.96 bits per heavy atom. The van der Waals surface area contributed by atoms with Crippen LogP contribution in [-0.2, 0) is 11.2 Å². The van der Waals surface area contributed by atoms with E-state index in [1.165, 1.54) is 0 Å². The Bertz CT molecular complexity index is 626. The molecule has 0 radical (unpaired) electrons. The standard InChI is InChI=1S/C19H22ClNO2/c1-2-3-13-23-18-10-8-17(9-11-18)21-19(22)12-7-15-5-4-6-16(20)14-15/h4-6,8-11,14H,2-3,7,12-13H2,1H3,(H,21,22). The summed E-state index contributed by atoms with van der Waals surface area (Å²) in [6.07, 6.45) is 3.25. The molecule has 0 saturated carbocycles. The van der Waals surface area contributed by atoms with E-state index in [2.05, 4.69) is 12.2 Å². The minimum absolute atomic E-state index is 0.00960. The van der Waals surface area contributed by atoms with E-state index in [1.54, 1.807) is 0 Å². The number of halogens is 1. The van der Waals surface area contributed by atoms with Gasteiger partial charge in [0.15, 0.2) is 0 Å². The van der Waals surface area contributed by atoms with Crippen molar-refractivity contribution in [2.75, 3.05) is 11.9 Å². The van der Waals surface area contributed by atoms with Gasteiger partial charge in [-0.15, -0.1) is 0 Å². The normalized spacial score (nSPS) is 10.3. The zero-order valence-corrected chi connectivity index (χ0v) is 14.1. The largest absolute Gasteiger partial charge is 0.494 e. The Hall–Kier alpha value is -2.00. The molecular formula is C19H22ClNO2. The first kappa shape index (κ1) is 17.4. The average molecular weight is 332 g/mol. The zero-order chi connectivity index (χ0) is 16.5. The molecule has 1 amide bonds. The SMILES string of the molecule is CCCCOc1ccc(NC(=O)CCc2cccc(Cl)c2)cc1. The van der Waals surface area contributed by atoms with Crippen molar-refractivity contribution >= 4 is 23.2 Å². The van der Waals surface area contributed by atoms with Gasteiger partial charge in [0.25, 0.3) is 0 Å². The number of hydrogen-bond acceptors (Lipinski definition) is 2. The summed E-state index contributed by atoms with van der Waals surface area (Å²) in [6.45, 7) is 2.85. The predicted octanol–water partition coefficient (Wildman–Crippen LogP) is 5.09. The van der Waals surface area contributed by atoms with Crippen LogP contribution in [0.3, 0.4) is 0 Å². The van der Waals surface area contributed by atoms with E-state index in [-0.39, 0.29) is 5.91 Å². The van der Waals surface area contributed by atoms with Crippen molar-refractivity contribution < 1.29 is 9.53 Å². The molecule has 0 aliphatic carbocycles. The summed E-state index contributed by atoms with van der Waals surface area (Å²) in [6, 6.07) is 15.1. The van der Waals surface area contributed by atoms with E-state index >= 15 is 0 Å². The van der Waals surface area contributed by atoms with Gasteiger partial charge in [-0.05, 0) is 54.8 Å². The fourth-order valence-electron chi connectivity index (χ4n) is 2.14. The van der Waals surface area contributed by atoms with E-state index in [1.807, 2.05) is 48.5 Å². The molecule has 2 rings (SSSR count). The van der Waals surface area contributed by atoms with Crippen molar-refractivity contribution in [3.63, 3.8) is 0 Å². The first-order chi connectivity index (χ1) is 11.2.